The molecule has 170 valence electrons. The van der Waals surface area contributed by atoms with E-state index in [1.54, 1.807) is 24.3 Å². The minimum atomic E-state index is -4.64. The third-order valence-corrected chi connectivity index (χ3v) is 7.58. The highest BCUT2D eigenvalue weighted by molar-refractivity contribution is 7.90. The summed E-state index contributed by atoms with van der Waals surface area (Å²) < 4.78 is 67.8. The van der Waals surface area contributed by atoms with Crippen molar-refractivity contribution >= 4 is 21.1 Å². The lowest BCUT2D eigenvalue weighted by Crippen LogP contribution is -2.23. The van der Waals surface area contributed by atoms with Gasteiger partial charge < -0.3 is 0 Å². The third kappa shape index (κ3) is 4.02. The molecule has 0 aliphatic carbocycles. The molecular formula is C24H20F3N3O2S. The van der Waals surface area contributed by atoms with Gasteiger partial charge >= 0.3 is 6.18 Å². The quantitative estimate of drug-likeness (QED) is 0.418. The Morgan fingerprint density at radius 1 is 0.879 bits per heavy atom. The molecule has 0 spiro atoms. The van der Waals surface area contributed by atoms with Crippen LogP contribution in [-0.4, -0.2) is 28.8 Å². The van der Waals surface area contributed by atoms with Gasteiger partial charge in [-0.1, -0.05) is 42.5 Å². The van der Waals surface area contributed by atoms with Crippen molar-refractivity contribution in [1.82, 2.24) is 13.9 Å². The van der Waals surface area contributed by atoms with Gasteiger partial charge in [-0.2, -0.15) is 13.2 Å². The van der Waals surface area contributed by atoms with E-state index in [1.165, 1.54) is 17.2 Å². The van der Waals surface area contributed by atoms with E-state index in [2.05, 4.69) is 22.0 Å². The van der Waals surface area contributed by atoms with Crippen molar-refractivity contribution in [3.8, 4) is 0 Å². The highest BCUT2D eigenvalue weighted by atomic mass is 32.2. The van der Waals surface area contributed by atoms with Crippen LogP contribution in [-0.2, 0) is 35.7 Å². The summed E-state index contributed by atoms with van der Waals surface area (Å²) >= 11 is 0. The van der Waals surface area contributed by atoms with Crippen molar-refractivity contribution in [3.63, 3.8) is 0 Å². The Hall–Kier alpha value is -3.17. The van der Waals surface area contributed by atoms with Gasteiger partial charge in [-0.25, -0.2) is 17.4 Å². The van der Waals surface area contributed by atoms with E-state index < -0.39 is 26.7 Å². The fourth-order valence-electron chi connectivity index (χ4n) is 4.24. The second-order valence-electron chi connectivity index (χ2n) is 8.04. The molecule has 1 aromatic heterocycles. The molecule has 33 heavy (non-hydrogen) atoms. The first-order chi connectivity index (χ1) is 15.7. The molecule has 5 rings (SSSR count). The fourth-order valence-corrected chi connectivity index (χ4v) is 5.80. The molecule has 0 N–H and O–H groups in total. The van der Waals surface area contributed by atoms with Crippen LogP contribution in [0.4, 0.5) is 13.2 Å². The van der Waals surface area contributed by atoms with Crippen molar-refractivity contribution < 1.29 is 21.6 Å². The first-order valence-corrected chi connectivity index (χ1v) is 11.9. The van der Waals surface area contributed by atoms with E-state index >= 15 is 0 Å². The number of hydrogen-bond donors (Lipinski definition) is 0. The van der Waals surface area contributed by atoms with Gasteiger partial charge in [-0.3, -0.25) is 4.90 Å². The highest BCUT2D eigenvalue weighted by Crippen LogP contribution is 2.32. The van der Waals surface area contributed by atoms with Crippen molar-refractivity contribution in [2.24, 2.45) is 0 Å². The Kier molecular flexibility index (Phi) is 5.25. The van der Waals surface area contributed by atoms with E-state index in [9.17, 15) is 21.6 Å². The standard InChI is InChI=1S/C24H20F3N3O2S/c25-24(26,27)19-8-5-9-20(14-19)33(31,32)30-22-11-4-3-10-21(22)28-23(30)12-13-29-15-17-6-1-2-7-18(17)16-29/h1-11,14H,12-13,15-16H2. The zero-order chi connectivity index (χ0) is 23.2. The summed E-state index contributed by atoms with van der Waals surface area (Å²) in [4.78, 5) is 6.30. The average molecular weight is 472 g/mol. The molecule has 1 aliphatic heterocycles. The number of nitrogens with zero attached hydrogens (tertiary/aromatic N) is 3. The predicted octanol–water partition coefficient (Wildman–Crippen LogP) is 4.85. The van der Waals surface area contributed by atoms with Crippen LogP contribution < -0.4 is 0 Å². The molecule has 0 bridgehead atoms. The molecule has 4 aromatic rings. The molecule has 0 saturated carbocycles. The van der Waals surface area contributed by atoms with Gasteiger partial charge in [0.05, 0.1) is 21.5 Å². The minimum Gasteiger partial charge on any atom is -0.294 e. The van der Waals surface area contributed by atoms with Gasteiger partial charge in [0.1, 0.15) is 5.82 Å². The maximum absolute atomic E-state index is 13.5. The first-order valence-electron chi connectivity index (χ1n) is 10.4. The van der Waals surface area contributed by atoms with Crippen LogP contribution in [0.15, 0.2) is 77.7 Å². The zero-order valence-corrected chi connectivity index (χ0v) is 18.3. The molecule has 5 nitrogen and oxygen atoms in total. The van der Waals surface area contributed by atoms with Gasteiger partial charge in [-0.05, 0) is 41.5 Å². The topological polar surface area (TPSA) is 55.2 Å². The molecular weight excluding hydrogens is 451 g/mol. The SMILES string of the molecule is O=S(=O)(c1cccc(C(F)(F)F)c1)n1c(CCN2Cc3ccccc3C2)nc2ccccc21. The van der Waals surface area contributed by atoms with Crippen molar-refractivity contribution in [1.29, 1.82) is 0 Å². The lowest BCUT2D eigenvalue weighted by molar-refractivity contribution is -0.137. The second kappa shape index (κ2) is 8.00. The molecule has 2 heterocycles. The van der Waals surface area contributed by atoms with Crippen LogP contribution in [0.3, 0.4) is 0 Å². The summed E-state index contributed by atoms with van der Waals surface area (Å²) in [6, 6.07) is 18.7. The Bertz CT molecular complexity index is 1420. The number of hydrogen-bond acceptors (Lipinski definition) is 4. The Morgan fingerprint density at radius 3 is 2.24 bits per heavy atom. The van der Waals surface area contributed by atoms with Crippen LogP contribution in [0.2, 0.25) is 0 Å². The Labute approximate surface area is 189 Å². The molecule has 0 fully saturated rings. The lowest BCUT2D eigenvalue weighted by Gasteiger charge is -2.16. The normalized spacial score (nSPS) is 14.6. The molecule has 9 heteroatoms. The number of alkyl halides is 3. The number of rotatable bonds is 5. The fraction of sp³-hybridized carbons (Fsp3) is 0.208. The van der Waals surface area contributed by atoms with Crippen LogP contribution in [0, 0.1) is 0 Å². The van der Waals surface area contributed by atoms with Gasteiger partial charge in [0, 0.05) is 26.1 Å². The molecule has 0 amide bonds. The molecule has 0 atom stereocenters. The summed E-state index contributed by atoms with van der Waals surface area (Å²) in [5.74, 6) is 0.296. The van der Waals surface area contributed by atoms with E-state index in [1.807, 2.05) is 12.1 Å². The summed E-state index contributed by atoms with van der Waals surface area (Å²) in [6.45, 7) is 2.09. The van der Waals surface area contributed by atoms with Gasteiger partial charge in [-0.15, -0.1) is 0 Å². The predicted molar refractivity (Wildman–Crippen MR) is 118 cm³/mol. The number of para-hydroxylation sites is 2. The number of imidazole rings is 1. The van der Waals surface area contributed by atoms with Gasteiger partial charge in [0.25, 0.3) is 10.0 Å². The Morgan fingerprint density at radius 2 is 1.55 bits per heavy atom. The monoisotopic (exact) mass is 471 g/mol. The molecule has 0 unspecified atom stereocenters. The van der Waals surface area contributed by atoms with Crippen molar-refractivity contribution in [3.05, 3.63) is 95.3 Å². The zero-order valence-electron chi connectivity index (χ0n) is 17.5. The maximum Gasteiger partial charge on any atom is 0.416 e. The van der Waals surface area contributed by atoms with E-state index in [-0.39, 0.29) is 0 Å². The van der Waals surface area contributed by atoms with E-state index in [4.69, 9.17) is 0 Å². The molecule has 0 saturated heterocycles. The lowest BCUT2D eigenvalue weighted by atomic mass is 10.1. The van der Waals surface area contributed by atoms with Crippen molar-refractivity contribution in [2.75, 3.05) is 6.54 Å². The van der Waals surface area contributed by atoms with Gasteiger partial charge in [0.2, 0.25) is 0 Å². The number of benzene rings is 3. The smallest absolute Gasteiger partial charge is 0.294 e. The minimum absolute atomic E-state index is 0.296. The maximum atomic E-state index is 13.5. The number of halogens is 3. The Balaban J connectivity index is 1.51. The molecule has 0 radical (unpaired) electrons. The summed E-state index contributed by atoms with van der Waals surface area (Å²) in [6.07, 6.45) is -4.31. The van der Waals surface area contributed by atoms with Gasteiger partial charge in [0.15, 0.2) is 0 Å². The highest BCUT2D eigenvalue weighted by Gasteiger charge is 2.33. The van der Waals surface area contributed by atoms with Crippen LogP contribution in [0.5, 0.6) is 0 Å². The van der Waals surface area contributed by atoms with Crippen molar-refractivity contribution in [2.45, 2.75) is 30.6 Å². The van der Waals surface area contributed by atoms with Crippen LogP contribution in [0.1, 0.15) is 22.5 Å². The summed E-state index contributed by atoms with van der Waals surface area (Å²) in [5, 5.41) is 0. The largest absolute Gasteiger partial charge is 0.416 e. The number of aromatic nitrogens is 2. The second-order valence-corrected chi connectivity index (χ2v) is 9.83. The van der Waals surface area contributed by atoms with Crippen LogP contribution in [0.25, 0.3) is 11.0 Å². The molecule has 1 aliphatic rings. The summed E-state index contributed by atoms with van der Waals surface area (Å²) in [5.41, 5.74) is 2.29. The number of fused-ring (bicyclic) bond motifs is 2. The third-order valence-electron chi connectivity index (χ3n) is 5.84. The van der Waals surface area contributed by atoms with Crippen LogP contribution >= 0.6 is 0 Å². The first kappa shape index (κ1) is 21.7. The summed E-state index contributed by atoms with van der Waals surface area (Å²) in [7, 11) is -4.30. The van der Waals surface area contributed by atoms with E-state index in [0.29, 0.717) is 35.9 Å². The molecule has 3 aromatic carbocycles. The average Bonchev–Trinajstić information content (AvgIpc) is 3.38. The van der Waals surface area contributed by atoms with E-state index in [0.717, 1.165) is 29.2 Å².